The standard InChI is InChI=1S/C20H25NO2/c1-19(2)13-7-9-20(19,10-8-13)18(22)21-12-14-11-16(21)15-5-3-4-6-17(15)23-14/h3-6,13-14,16H,7-12H2,1-2H3/t13?,14-,16-,20?/m0/s1. The van der Waals surface area contributed by atoms with Crippen molar-refractivity contribution in [3.63, 3.8) is 0 Å². The van der Waals surface area contributed by atoms with Gasteiger partial charge in [-0.3, -0.25) is 4.79 Å². The molecule has 2 atom stereocenters. The normalized spacial score (nSPS) is 39.2. The minimum absolute atomic E-state index is 0.121. The minimum Gasteiger partial charge on any atom is -0.488 e. The first-order valence-corrected chi connectivity index (χ1v) is 9.10. The second-order valence-corrected chi connectivity index (χ2v) is 8.56. The predicted octanol–water partition coefficient (Wildman–Crippen LogP) is 3.94. The first-order chi connectivity index (χ1) is 11.0. The third-order valence-electron chi connectivity index (χ3n) is 7.60. The van der Waals surface area contributed by atoms with E-state index >= 15 is 0 Å². The smallest absolute Gasteiger partial charge is 0.229 e. The molecule has 0 radical (unpaired) electrons. The Hall–Kier alpha value is -1.51. The van der Waals surface area contributed by atoms with Gasteiger partial charge < -0.3 is 9.64 Å². The first-order valence-electron chi connectivity index (χ1n) is 9.10. The van der Waals surface area contributed by atoms with Crippen LogP contribution >= 0.6 is 0 Å². The van der Waals surface area contributed by atoms with Gasteiger partial charge in [-0.1, -0.05) is 32.0 Å². The molecular weight excluding hydrogens is 286 g/mol. The van der Waals surface area contributed by atoms with E-state index in [4.69, 9.17) is 4.74 Å². The summed E-state index contributed by atoms with van der Waals surface area (Å²) < 4.78 is 6.10. The Morgan fingerprint density at radius 3 is 2.65 bits per heavy atom. The van der Waals surface area contributed by atoms with Crippen molar-refractivity contribution in [2.75, 3.05) is 6.54 Å². The topological polar surface area (TPSA) is 29.5 Å². The Bertz CT molecular complexity index is 672. The van der Waals surface area contributed by atoms with Gasteiger partial charge in [-0.2, -0.15) is 0 Å². The minimum atomic E-state index is -0.121. The van der Waals surface area contributed by atoms with E-state index in [9.17, 15) is 4.79 Å². The second-order valence-electron chi connectivity index (χ2n) is 8.56. The number of para-hydroxylation sites is 1. The molecule has 5 rings (SSSR count). The Labute approximate surface area is 138 Å². The Morgan fingerprint density at radius 1 is 1.22 bits per heavy atom. The zero-order valence-electron chi connectivity index (χ0n) is 14.0. The van der Waals surface area contributed by atoms with E-state index in [0.29, 0.717) is 5.91 Å². The van der Waals surface area contributed by atoms with Crippen LogP contribution in [0.5, 0.6) is 5.75 Å². The third kappa shape index (κ3) is 1.58. The lowest BCUT2D eigenvalue weighted by Gasteiger charge is -2.41. The third-order valence-corrected chi connectivity index (χ3v) is 7.60. The molecule has 23 heavy (non-hydrogen) atoms. The number of amides is 1. The number of carbonyl (C=O) groups excluding carboxylic acids is 1. The van der Waals surface area contributed by atoms with E-state index in [1.807, 2.05) is 12.1 Å². The molecule has 0 unspecified atom stereocenters. The van der Waals surface area contributed by atoms with Crippen LogP contribution in [0, 0.1) is 16.7 Å². The molecule has 0 aromatic heterocycles. The maximum absolute atomic E-state index is 13.7. The number of fused-ring (bicyclic) bond motifs is 6. The molecule has 4 aliphatic rings. The summed E-state index contributed by atoms with van der Waals surface area (Å²) in [5.41, 5.74) is 1.24. The number of benzene rings is 1. The SMILES string of the molecule is CC1(C)C2CCC1(C(=O)N1C[C@@H]3C[C@H]1c1ccccc1O3)CC2. The lowest BCUT2D eigenvalue weighted by atomic mass is 9.68. The highest BCUT2D eigenvalue weighted by Gasteiger charge is 2.64. The molecular formula is C20H25NO2. The summed E-state index contributed by atoms with van der Waals surface area (Å²) in [7, 11) is 0. The van der Waals surface area contributed by atoms with Gasteiger partial charge in [0.05, 0.1) is 18.0 Å². The monoisotopic (exact) mass is 311 g/mol. The summed E-state index contributed by atoms with van der Waals surface area (Å²) in [6.07, 6.45) is 5.77. The number of hydrogen-bond acceptors (Lipinski definition) is 2. The van der Waals surface area contributed by atoms with Gasteiger partial charge in [-0.15, -0.1) is 0 Å². The molecule has 1 aromatic carbocycles. The molecule has 3 nitrogen and oxygen atoms in total. The predicted molar refractivity (Wildman–Crippen MR) is 88.1 cm³/mol. The summed E-state index contributed by atoms with van der Waals surface area (Å²) in [5, 5.41) is 0. The van der Waals surface area contributed by atoms with Crippen LogP contribution in [-0.2, 0) is 4.79 Å². The lowest BCUT2D eigenvalue weighted by Crippen LogP contribution is -2.47. The number of rotatable bonds is 1. The van der Waals surface area contributed by atoms with Crippen LogP contribution < -0.4 is 4.74 Å². The maximum Gasteiger partial charge on any atom is 0.229 e. The van der Waals surface area contributed by atoms with Gasteiger partial charge in [-0.25, -0.2) is 0 Å². The molecule has 4 bridgehead atoms. The van der Waals surface area contributed by atoms with Gasteiger partial charge in [0.1, 0.15) is 11.9 Å². The largest absolute Gasteiger partial charge is 0.488 e. The van der Waals surface area contributed by atoms with Crippen LogP contribution in [0.25, 0.3) is 0 Å². The number of nitrogens with zero attached hydrogens (tertiary/aromatic N) is 1. The van der Waals surface area contributed by atoms with Crippen molar-refractivity contribution in [2.45, 2.75) is 58.1 Å². The molecule has 2 heterocycles. The number of carbonyl (C=O) groups is 1. The summed E-state index contributed by atoms with van der Waals surface area (Å²) in [4.78, 5) is 15.8. The van der Waals surface area contributed by atoms with Crippen LogP contribution in [-0.4, -0.2) is 23.5 Å². The molecule has 3 fully saturated rings. The molecule has 2 aliphatic heterocycles. The number of hydrogen-bond donors (Lipinski definition) is 0. The summed E-state index contributed by atoms with van der Waals surface area (Å²) in [5.74, 6) is 2.13. The van der Waals surface area contributed by atoms with E-state index in [-0.39, 0.29) is 23.0 Å². The van der Waals surface area contributed by atoms with Crippen LogP contribution in [0.3, 0.4) is 0 Å². The second kappa shape index (κ2) is 4.31. The van der Waals surface area contributed by atoms with Crippen LogP contribution in [0.4, 0.5) is 0 Å². The molecule has 1 aromatic rings. The van der Waals surface area contributed by atoms with Crippen LogP contribution in [0.2, 0.25) is 0 Å². The number of ether oxygens (including phenoxy) is 1. The van der Waals surface area contributed by atoms with Crippen molar-refractivity contribution in [2.24, 2.45) is 16.7 Å². The van der Waals surface area contributed by atoms with Crippen LogP contribution in [0.1, 0.15) is 57.6 Å². The highest BCUT2D eigenvalue weighted by atomic mass is 16.5. The molecule has 3 heteroatoms. The molecule has 1 amide bonds. The first kappa shape index (κ1) is 13.9. The van der Waals surface area contributed by atoms with E-state index in [2.05, 4.69) is 30.9 Å². The average Bonchev–Trinajstić information content (AvgIpc) is 3.13. The van der Waals surface area contributed by atoms with Crippen molar-refractivity contribution in [3.05, 3.63) is 29.8 Å². The molecule has 1 saturated heterocycles. The van der Waals surface area contributed by atoms with Crippen molar-refractivity contribution in [3.8, 4) is 5.75 Å². The fourth-order valence-electron chi connectivity index (χ4n) is 6.08. The van der Waals surface area contributed by atoms with Gasteiger partial charge in [0.2, 0.25) is 5.91 Å². The van der Waals surface area contributed by atoms with Crippen molar-refractivity contribution in [1.82, 2.24) is 4.90 Å². The summed E-state index contributed by atoms with van der Waals surface area (Å²) >= 11 is 0. The Balaban J connectivity index is 1.53. The fourth-order valence-corrected chi connectivity index (χ4v) is 6.08. The number of likely N-dealkylation sites (tertiary alicyclic amines) is 1. The Kier molecular flexibility index (Phi) is 2.60. The average molecular weight is 311 g/mol. The molecule has 2 aliphatic carbocycles. The van der Waals surface area contributed by atoms with E-state index in [1.165, 1.54) is 18.4 Å². The van der Waals surface area contributed by atoms with Gasteiger partial charge >= 0.3 is 0 Å². The summed E-state index contributed by atoms with van der Waals surface area (Å²) in [6, 6.07) is 8.49. The van der Waals surface area contributed by atoms with E-state index in [0.717, 1.165) is 37.5 Å². The Morgan fingerprint density at radius 2 is 1.96 bits per heavy atom. The van der Waals surface area contributed by atoms with Crippen molar-refractivity contribution < 1.29 is 9.53 Å². The zero-order valence-corrected chi connectivity index (χ0v) is 14.0. The van der Waals surface area contributed by atoms with E-state index in [1.54, 1.807) is 0 Å². The molecule has 0 N–H and O–H groups in total. The van der Waals surface area contributed by atoms with Gasteiger partial charge in [-0.05, 0) is 43.1 Å². The highest BCUT2D eigenvalue weighted by molar-refractivity contribution is 5.85. The van der Waals surface area contributed by atoms with Crippen LogP contribution in [0.15, 0.2) is 24.3 Å². The zero-order chi connectivity index (χ0) is 15.8. The molecule has 2 saturated carbocycles. The van der Waals surface area contributed by atoms with Gasteiger partial charge in [0.25, 0.3) is 0 Å². The van der Waals surface area contributed by atoms with Crippen molar-refractivity contribution >= 4 is 5.91 Å². The van der Waals surface area contributed by atoms with Gasteiger partial charge in [0.15, 0.2) is 0 Å². The molecule has 122 valence electrons. The quantitative estimate of drug-likeness (QED) is 0.786. The van der Waals surface area contributed by atoms with Crippen molar-refractivity contribution in [1.29, 1.82) is 0 Å². The maximum atomic E-state index is 13.7. The van der Waals surface area contributed by atoms with Gasteiger partial charge in [0, 0.05) is 12.0 Å². The lowest BCUT2D eigenvalue weighted by molar-refractivity contribution is -0.148. The highest BCUT2D eigenvalue weighted by Crippen LogP contribution is 2.67. The summed E-state index contributed by atoms with van der Waals surface area (Å²) in [6.45, 7) is 5.44. The van der Waals surface area contributed by atoms with E-state index < -0.39 is 0 Å². The fraction of sp³-hybridized carbons (Fsp3) is 0.650. The molecule has 0 spiro atoms.